The summed E-state index contributed by atoms with van der Waals surface area (Å²) in [6, 6.07) is 10.2. The average Bonchev–Trinajstić information content (AvgIpc) is 2.61. The van der Waals surface area contributed by atoms with Crippen molar-refractivity contribution in [2.45, 2.75) is 12.5 Å². The molecule has 0 aliphatic heterocycles. The van der Waals surface area contributed by atoms with Crippen LogP contribution in [-0.4, -0.2) is 43.9 Å². The first kappa shape index (κ1) is 17.3. The van der Waals surface area contributed by atoms with Gasteiger partial charge in [0.15, 0.2) is 0 Å². The maximum absolute atomic E-state index is 11.7. The minimum Gasteiger partial charge on any atom is -0.394 e. The molecule has 3 rings (SSSR count). The Balaban J connectivity index is 2.24. The Labute approximate surface area is 148 Å². The molecule has 0 aliphatic rings. The first-order valence-electron chi connectivity index (χ1n) is 7.62. The van der Waals surface area contributed by atoms with E-state index >= 15 is 0 Å². The van der Waals surface area contributed by atoms with Gasteiger partial charge in [-0.1, -0.05) is 29.8 Å². The van der Waals surface area contributed by atoms with Gasteiger partial charge in [-0.25, -0.2) is 4.98 Å². The first-order valence-corrected chi connectivity index (χ1v) is 7.99. The van der Waals surface area contributed by atoms with Gasteiger partial charge in [-0.05, 0) is 19.1 Å². The summed E-state index contributed by atoms with van der Waals surface area (Å²) in [7, 11) is 0. The number of aliphatic hydroxyl groups is 2. The number of benzene rings is 1. The first-order chi connectivity index (χ1) is 12.0. The van der Waals surface area contributed by atoms with E-state index in [-0.39, 0.29) is 24.7 Å². The van der Waals surface area contributed by atoms with E-state index in [1.54, 1.807) is 19.1 Å². The zero-order chi connectivity index (χ0) is 18.0. The van der Waals surface area contributed by atoms with Gasteiger partial charge < -0.3 is 20.5 Å². The number of nitrogens with one attached hydrogen (secondary N) is 2. The smallest absolute Gasteiger partial charge is 0.249 e. The summed E-state index contributed by atoms with van der Waals surface area (Å²) in [6.07, 6.45) is 0. The third-order valence-corrected chi connectivity index (χ3v) is 4.16. The fraction of sp³-hybridized carbons (Fsp3) is 0.235. The van der Waals surface area contributed by atoms with Crippen LogP contribution >= 0.6 is 11.6 Å². The topological polar surface area (TPSA) is 111 Å². The van der Waals surface area contributed by atoms with Gasteiger partial charge in [0.25, 0.3) is 0 Å². The number of halogens is 1. The van der Waals surface area contributed by atoms with E-state index in [0.29, 0.717) is 27.3 Å². The molecular weight excluding hydrogens is 344 g/mol. The molecule has 8 heteroatoms. The fourth-order valence-corrected chi connectivity index (χ4v) is 2.58. The second-order valence-electron chi connectivity index (χ2n) is 5.96. The van der Waals surface area contributed by atoms with Gasteiger partial charge in [0, 0.05) is 22.0 Å². The highest BCUT2D eigenvalue weighted by atomic mass is 35.5. The number of rotatable bonds is 5. The lowest BCUT2D eigenvalue weighted by Crippen LogP contribution is -2.43. The number of hydrogen-bond acceptors (Lipinski definition) is 6. The highest BCUT2D eigenvalue weighted by Gasteiger charge is 2.24. The van der Waals surface area contributed by atoms with Gasteiger partial charge in [0.05, 0.1) is 24.4 Å². The van der Waals surface area contributed by atoms with Crippen LogP contribution < -0.4 is 10.9 Å². The number of pyridine rings is 1. The van der Waals surface area contributed by atoms with Gasteiger partial charge in [0.1, 0.15) is 5.65 Å². The van der Waals surface area contributed by atoms with Crippen molar-refractivity contribution in [2.24, 2.45) is 0 Å². The van der Waals surface area contributed by atoms with E-state index in [0.717, 1.165) is 0 Å². The largest absolute Gasteiger partial charge is 0.394 e. The molecule has 0 fully saturated rings. The molecule has 0 spiro atoms. The molecule has 2 aromatic heterocycles. The third kappa shape index (κ3) is 3.48. The van der Waals surface area contributed by atoms with Crippen molar-refractivity contribution in [3.8, 4) is 11.3 Å². The number of aliphatic hydroxyl groups excluding tert-OH is 2. The van der Waals surface area contributed by atoms with Gasteiger partial charge in [0.2, 0.25) is 11.5 Å². The molecule has 0 saturated carbocycles. The Morgan fingerprint density at radius 1 is 1.16 bits per heavy atom. The molecule has 0 saturated heterocycles. The third-order valence-electron chi connectivity index (χ3n) is 3.83. The number of hydrogen-bond donors (Lipinski definition) is 4. The zero-order valence-corrected chi connectivity index (χ0v) is 14.2. The van der Waals surface area contributed by atoms with Crippen molar-refractivity contribution in [3.05, 3.63) is 51.8 Å². The van der Waals surface area contributed by atoms with Crippen molar-refractivity contribution in [3.63, 3.8) is 0 Å². The molecule has 4 N–H and O–H groups in total. The van der Waals surface area contributed by atoms with E-state index < -0.39 is 5.54 Å². The van der Waals surface area contributed by atoms with Crippen LogP contribution in [-0.2, 0) is 0 Å². The zero-order valence-electron chi connectivity index (χ0n) is 13.5. The van der Waals surface area contributed by atoms with E-state index in [1.165, 1.54) is 6.07 Å². The van der Waals surface area contributed by atoms with Crippen molar-refractivity contribution in [1.82, 2.24) is 15.0 Å². The Kier molecular flexibility index (Phi) is 4.71. The average molecular weight is 361 g/mol. The van der Waals surface area contributed by atoms with Crippen molar-refractivity contribution in [1.29, 1.82) is 0 Å². The van der Waals surface area contributed by atoms with Crippen LogP contribution in [0.5, 0.6) is 0 Å². The van der Waals surface area contributed by atoms with Crippen LogP contribution in [0.15, 0.2) is 41.2 Å². The molecule has 1 aromatic carbocycles. The van der Waals surface area contributed by atoms with Gasteiger partial charge in [-0.3, -0.25) is 4.79 Å². The molecule has 7 nitrogen and oxygen atoms in total. The molecule has 0 atom stereocenters. The Bertz CT molecular complexity index is 970. The van der Waals surface area contributed by atoms with Crippen molar-refractivity contribution >= 4 is 28.6 Å². The summed E-state index contributed by atoms with van der Waals surface area (Å²) < 4.78 is 0. The van der Waals surface area contributed by atoms with E-state index in [2.05, 4.69) is 20.3 Å². The highest BCUT2D eigenvalue weighted by Crippen LogP contribution is 2.31. The fourth-order valence-electron chi connectivity index (χ4n) is 2.35. The maximum atomic E-state index is 11.7. The lowest BCUT2D eigenvalue weighted by molar-refractivity contribution is 0.147. The van der Waals surface area contributed by atoms with Crippen LogP contribution in [0.25, 0.3) is 22.3 Å². The number of aromatic nitrogens is 3. The number of anilines is 1. The van der Waals surface area contributed by atoms with E-state index in [9.17, 15) is 15.0 Å². The predicted molar refractivity (Wildman–Crippen MR) is 96.8 cm³/mol. The van der Waals surface area contributed by atoms with Crippen molar-refractivity contribution < 1.29 is 10.2 Å². The summed E-state index contributed by atoms with van der Waals surface area (Å²) in [6.45, 7) is 0.985. The van der Waals surface area contributed by atoms with Crippen molar-refractivity contribution in [2.75, 3.05) is 18.5 Å². The summed E-state index contributed by atoms with van der Waals surface area (Å²) in [5.74, 6) is 0.162. The molecule has 25 heavy (non-hydrogen) atoms. The summed E-state index contributed by atoms with van der Waals surface area (Å²) in [5, 5.41) is 23.0. The molecule has 0 aliphatic carbocycles. The molecular formula is C17H17ClN4O3. The van der Waals surface area contributed by atoms with Crippen LogP contribution in [0.1, 0.15) is 6.92 Å². The lowest BCUT2D eigenvalue weighted by atomic mass is 10.1. The minimum absolute atomic E-state index is 0.162. The van der Waals surface area contributed by atoms with Gasteiger partial charge in [-0.15, -0.1) is 0 Å². The quantitative estimate of drug-likeness (QED) is 0.552. The standard InChI is InChI=1S/C17H17ClN4O3/c1-17(8-23,9-24)22-16-20-14(10-4-2-3-5-12(10)18)11-6-7-13(25)19-15(11)21-16/h2-7,23-24H,8-9H2,1H3,(H2,19,20,21,22,25). The summed E-state index contributed by atoms with van der Waals surface area (Å²) >= 11 is 6.30. The maximum Gasteiger partial charge on any atom is 0.249 e. The predicted octanol–water partition coefficient (Wildman–Crippen LogP) is 1.79. The second kappa shape index (κ2) is 6.79. The number of aromatic amines is 1. The van der Waals surface area contributed by atoms with Crippen LogP contribution in [0.3, 0.4) is 0 Å². The van der Waals surface area contributed by atoms with Gasteiger partial charge in [-0.2, -0.15) is 4.98 Å². The lowest BCUT2D eigenvalue weighted by Gasteiger charge is -2.26. The molecule has 130 valence electrons. The molecule has 0 radical (unpaired) electrons. The molecule has 0 amide bonds. The van der Waals surface area contributed by atoms with Crippen LogP contribution in [0, 0.1) is 0 Å². The molecule has 0 unspecified atom stereocenters. The Hall–Kier alpha value is -2.48. The van der Waals surface area contributed by atoms with E-state index in [4.69, 9.17) is 11.6 Å². The molecule has 2 heterocycles. The van der Waals surface area contributed by atoms with Crippen LogP contribution in [0.4, 0.5) is 5.95 Å². The number of fused-ring (bicyclic) bond motifs is 1. The summed E-state index contributed by atoms with van der Waals surface area (Å²) in [5.41, 5.74) is 0.238. The van der Waals surface area contributed by atoms with Crippen LogP contribution in [0.2, 0.25) is 5.02 Å². The molecule has 0 bridgehead atoms. The number of H-pyrrole nitrogens is 1. The second-order valence-corrected chi connectivity index (χ2v) is 6.37. The number of nitrogens with zero attached hydrogens (tertiary/aromatic N) is 2. The monoisotopic (exact) mass is 360 g/mol. The molecule has 3 aromatic rings. The summed E-state index contributed by atoms with van der Waals surface area (Å²) in [4.78, 5) is 23.1. The SMILES string of the molecule is CC(CO)(CO)Nc1nc(-c2ccccc2Cl)c2ccc(=O)[nH]c2n1. The van der Waals surface area contributed by atoms with E-state index in [1.807, 2.05) is 18.2 Å². The normalized spacial score (nSPS) is 11.7. The van der Waals surface area contributed by atoms with Gasteiger partial charge >= 0.3 is 0 Å². The Morgan fingerprint density at radius 3 is 2.56 bits per heavy atom. The minimum atomic E-state index is -1.01. The Morgan fingerprint density at radius 2 is 1.88 bits per heavy atom. The highest BCUT2D eigenvalue weighted by molar-refractivity contribution is 6.33.